The molecule has 3 nitrogen and oxygen atoms in total. The molecule has 1 aromatic carbocycles. The van der Waals surface area contributed by atoms with E-state index in [0.717, 1.165) is 12.8 Å². The number of nitrogens with zero attached hydrogens (tertiary/aromatic N) is 2. The summed E-state index contributed by atoms with van der Waals surface area (Å²) in [5.41, 5.74) is 2.46. The maximum atomic E-state index is 12.3. The van der Waals surface area contributed by atoms with Crippen LogP contribution in [0.25, 0.3) is 0 Å². The average molecular weight is 238 g/mol. The van der Waals surface area contributed by atoms with Crippen LogP contribution in [-0.4, -0.2) is 23.9 Å². The van der Waals surface area contributed by atoms with E-state index in [-0.39, 0.29) is 24.9 Å². The molecule has 0 fully saturated rings. The largest absolute Gasteiger partial charge is 0.318 e. The molecule has 0 N–H and O–H groups in total. The molecule has 0 bridgehead atoms. The van der Waals surface area contributed by atoms with E-state index in [1.54, 1.807) is 0 Å². The van der Waals surface area contributed by atoms with Crippen molar-refractivity contribution in [2.75, 3.05) is 13.1 Å². The molecule has 2 rings (SSSR count). The topological polar surface area (TPSA) is 44.1 Å². The quantitative estimate of drug-likeness (QED) is 0.590. The Labute approximate surface area is 107 Å². The van der Waals surface area contributed by atoms with Crippen molar-refractivity contribution in [3.8, 4) is 18.4 Å². The summed E-state index contributed by atoms with van der Waals surface area (Å²) in [5, 5.41) is 8.72. The Kier molecular flexibility index (Phi) is 3.65. The van der Waals surface area contributed by atoms with Crippen LogP contribution in [0.3, 0.4) is 0 Å². The predicted molar refractivity (Wildman–Crippen MR) is 68.4 cm³/mol. The first-order valence-electron chi connectivity index (χ1n) is 5.92. The molecular formula is C15H14N2O. The van der Waals surface area contributed by atoms with Crippen LogP contribution in [-0.2, 0) is 17.6 Å². The van der Waals surface area contributed by atoms with Crippen LogP contribution in [0.5, 0.6) is 0 Å². The lowest BCUT2D eigenvalue weighted by molar-refractivity contribution is -0.134. The fraction of sp³-hybridized carbons (Fsp3) is 0.333. The molecule has 1 aliphatic rings. The molecule has 18 heavy (non-hydrogen) atoms. The van der Waals surface area contributed by atoms with Crippen LogP contribution in [0.4, 0.5) is 0 Å². The smallest absolute Gasteiger partial charge is 0.227 e. The van der Waals surface area contributed by atoms with Crippen molar-refractivity contribution in [1.29, 1.82) is 5.26 Å². The highest BCUT2D eigenvalue weighted by Crippen LogP contribution is 2.27. The standard InChI is InChI=1S/C15H14N2O/c1-2-8-17(9-7-16)15(18)14-10-12-5-3-4-6-13(12)11-14/h1,3-6,14H,8-11H2. The number of hydrogen-bond acceptors (Lipinski definition) is 2. The third kappa shape index (κ3) is 2.36. The third-order valence-corrected chi connectivity index (χ3v) is 3.26. The Morgan fingerprint density at radius 2 is 1.94 bits per heavy atom. The number of rotatable bonds is 3. The van der Waals surface area contributed by atoms with Gasteiger partial charge < -0.3 is 4.90 Å². The zero-order valence-electron chi connectivity index (χ0n) is 10.1. The Morgan fingerprint density at radius 3 is 2.44 bits per heavy atom. The zero-order chi connectivity index (χ0) is 13.0. The lowest BCUT2D eigenvalue weighted by Gasteiger charge is -2.20. The van der Waals surface area contributed by atoms with Crippen LogP contribution in [0, 0.1) is 29.6 Å². The van der Waals surface area contributed by atoms with E-state index < -0.39 is 0 Å². The summed E-state index contributed by atoms with van der Waals surface area (Å²) < 4.78 is 0. The second kappa shape index (κ2) is 5.38. The molecule has 0 heterocycles. The molecule has 0 aliphatic heterocycles. The van der Waals surface area contributed by atoms with Crippen molar-refractivity contribution in [1.82, 2.24) is 4.90 Å². The summed E-state index contributed by atoms with van der Waals surface area (Å²) in [6, 6.07) is 10.1. The summed E-state index contributed by atoms with van der Waals surface area (Å²) in [4.78, 5) is 13.7. The predicted octanol–water partition coefficient (Wildman–Crippen LogP) is 1.39. The summed E-state index contributed by atoms with van der Waals surface area (Å²) in [5.74, 6) is 2.36. The molecule has 1 aliphatic carbocycles. The summed E-state index contributed by atoms with van der Waals surface area (Å²) in [6.07, 6.45) is 6.73. The highest BCUT2D eigenvalue weighted by Gasteiger charge is 2.29. The maximum absolute atomic E-state index is 12.3. The van der Waals surface area contributed by atoms with Crippen molar-refractivity contribution in [2.45, 2.75) is 12.8 Å². The minimum Gasteiger partial charge on any atom is -0.318 e. The average Bonchev–Trinajstić information content (AvgIpc) is 2.81. The highest BCUT2D eigenvalue weighted by atomic mass is 16.2. The number of carbonyl (C=O) groups is 1. The van der Waals surface area contributed by atoms with E-state index in [1.807, 2.05) is 18.2 Å². The number of benzene rings is 1. The monoisotopic (exact) mass is 238 g/mol. The molecule has 1 amide bonds. The fourth-order valence-corrected chi connectivity index (χ4v) is 2.40. The van der Waals surface area contributed by atoms with Gasteiger partial charge in [0.1, 0.15) is 6.54 Å². The van der Waals surface area contributed by atoms with Gasteiger partial charge >= 0.3 is 0 Å². The van der Waals surface area contributed by atoms with Crippen LogP contribution < -0.4 is 0 Å². The normalized spacial score (nSPS) is 13.4. The van der Waals surface area contributed by atoms with Gasteiger partial charge in [-0.25, -0.2) is 0 Å². The Balaban J connectivity index is 2.09. The van der Waals surface area contributed by atoms with Gasteiger partial charge in [-0.3, -0.25) is 4.79 Å². The van der Waals surface area contributed by atoms with Crippen molar-refractivity contribution in [3.63, 3.8) is 0 Å². The van der Waals surface area contributed by atoms with E-state index in [0.29, 0.717) is 0 Å². The molecule has 0 saturated heterocycles. The number of fused-ring (bicyclic) bond motifs is 1. The molecule has 0 unspecified atom stereocenters. The van der Waals surface area contributed by atoms with Crippen LogP contribution in [0.15, 0.2) is 24.3 Å². The van der Waals surface area contributed by atoms with Crippen molar-refractivity contribution in [2.24, 2.45) is 5.92 Å². The van der Waals surface area contributed by atoms with Gasteiger partial charge in [0.25, 0.3) is 0 Å². The first kappa shape index (κ1) is 12.2. The van der Waals surface area contributed by atoms with E-state index in [1.165, 1.54) is 16.0 Å². The first-order chi connectivity index (χ1) is 8.76. The minimum absolute atomic E-state index is 0.00861. The Morgan fingerprint density at radius 1 is 1.33 bits per heavy atom. The van der Waals surface area contributed by atoms with E-state index >= 15 is 0 Å². The molecule has 0 aromatic heterocycles. The van der Waals surface area contributed by atoms with Crippen LogP contribution >= 0.6 is 0 Å². The van der Waals surface area contributed by atoms with Gasteiger partial charge in [0.2, 0.25) is 5.91 Å². The van der Waals surface area contributed by atoms with Gasteiger partial charge in [-0.2, -0.15) is 5.26 Å². The van der Waals surface area contributed by atoms with Crippen LogP contribution in [0.1, 0.15) is 11.1 Å². The molecule has 3 heteroatoms. The number of nitriles is 1. The molecule has 90 valence electrons. The van der Waals surface area contributed by atoms with Crippen molar-refractivity contribution in [3.05, 3.63) is 35.4 Å². The lowest BCUT2D eigenvalue weighted by atomic mass is 10.0. The third-order valence-electron chi connectivity index (χ3n) is 3.26. The number of terminal acetylenes is 1. The van der Waals surface area contributed by atoms with Gasteiger partial charge in [0, 0.05) is 5.92 Å². The lowest BCUT2D eigenvalue weighted by Crippen LogP contribution is -2.37. The fourth-order valence-electron chi connectivity index (χ4n) is 2.40. The SMILES string of the molecule is C#CCN(CC#N)C(=O)C1Cc2ccccc2C1. The second-order valence-corrected chi connectivity index (χ2v) is 4.43. The Hall–Kier alpha value is -2.26. The van der Waals surface area contributed by atoms with Crippen molar-refractivity contribution < 1.29 is 4.79 Å². The molecule has 0 atom stereocenters. The number of hydrogen-bond donors (Lipinski definition) is 0. The summed E-state index contributed by atoms with van der Waals surface area (Å²) in [7, 11) is 0. The van der Waals surface area contributed by atoms with Gasteiger partial charge in [-0.15, -0.1) is 6.42 Å². The highest BCUT2D eigenvalue weighted by molar-refractivity contribution is 5.81. The van der Waals surface area contributed by atoms with E-state index in [2.05, 4.69) is 18.1 Å². The summed E-state index contributed by atoms with van der Waals surface area (Å²) in [6.45, 7) is 0.273. The van der Waals surface area contributed by atoms with E-state index in [9.17, 15) is 4.79 Å². The van der Waals surface area contributed by atoms with E-state index in [4.69, 9.17) is 11.7 Å². The Bertz CT molecular complexity index is 495. The molecule has 0 spiro atoms. The molecule has 1 aromatic rings. The van der Waals surface area contributed by atoms with Gasteiger partial charge in [0.05, 0.1) is 12.6 Å². The van der Waals surface area contributed by atoms with Gasteiger partial charge in [-0.05, 0) is 24.0 Å². The molecular weight excluding hydrogens is 224 g/mol. The minimum atomic E-state index is -0.0656. The maximum Gasteiger partial charge on any atom is 0.227 e. The second-order valence-electron chi connectivity index (χ2n) is 4.43. The zero-order valence-corrected chi connectivity index (χ0v) is 10.1. The molecule has 0 radical (unpaired) electrons. The van der Waals surface area contributed by atoms with Gasteiger partial charge in [-0.1, -0.05) is 30.2 Å². The van der Waals surface area contributed by atoms with Crippen LogP contribution in [0.2, 0.25) is 0 Å². The number of amides is 1. The first-order valence-corrected chi connectivity index (χ1v) is 5.92. The number of carbonyl (C=O) groups excluding carboxylic acids is 1. The van der Waals surface area contributed by atoms with Gasteiger partial charge in [0.15, 0.2) is 0 Å². The molecule has 0 saturated carbocycles. The summed E-state index contributed by atoms with van der Waals surface area (Å²) >= 11 is 0. The van der Waals surface area contributed by atoms with Crippen molar-refractivity contribution >= 4 is 5.91 Å².